The minimum atomic E-state index is -0.623. The Kier molecular flexibility index (Phi) is 3.67. The van der Waals surface area contributed by atoms with Gasteiger partial charge in [-0.3, -0.25) is 4.68 Å². The van der Waals surface area contributed by atoms with E-state index in [9.17, 15) is 5.11 Å². The highest BCUT2D eigenvalue weighted by atomic mass is 79.9. The van der Waals surface area contributed by atoms with Gasteiger partial charge in [0.15, 0.2) is 0 Å². The number of halogens is 1. The molecule has 0 aromatic carbocycles. The standard InChI is InChI=1S/C13H17BrN2OS/c1-13(2,3)12-8(7-16(4)15-12)10(17)11-9(14)5-6-18-11/h5-7,10,17H,1-4H3. The average Bonchev–Trinajstić information content (AvgIpc) is 2.82. The van der Waals surface area contributed by atoms with Crippen LogP contribution in [0.1, 0.15) is 43.0 Å². The van der Waals surface area contributed by atoms with Gasteiger partial charge in [0.05, 0.1) is 10.6 Å². The van der Waals surface area contributed by atoms with E-state index < -0.39 is 6.10 Å². The molecule has 0 saturated carbocycles. The molecule has 3 nitrogen and oxygen atoms in total. The van der Waals surface area contributed by atoms with Gasteiger partial charge in [0.1, 0.15) is 6.10 Å². The Balaban J connectivity index is 2.49. The molecule has 0 radical (unpaired) electrons. The Morgan fingerprint density at radius 2 is 2.11 bits per heavy atom. The highest BCUT2D eigenvalue weighted by Gasteiger charge is 2.27. The van der Waals surface area contributed by atoms with E-state index in [1.807, 2.05) is 24.7 Å². The smallest absolute Gasteiger partial charge is 0.118 e. The molecular formula is C13H17BrN2OS. The molecular weight excluding hydrogens is 312 g/mol. The number of thiophene rings is 1. The van der Waals surface area contributed by atoms with Crippen LogP contribution in [0.15, 0.2) is 22.1 Å². The Morgan fingerprint density at radius 1 is 1.44 bits per heavy atom. The average molecular weight is 329 g/mol. The van der Waals surface area contributed by atoms with E-state index in [4.69, 9.17) is 0 Å². The van der Waals surface area contributed by atoms with Gasteiger partial charge in [-0.05, 0) is 27.4 Å². The first kappa shape index (κ1) is 13.8. The van der Waals surface area contributed by atoms with Crippen LogP contribution < -0.4 is 0 Å². The van der Waals surface area contributed by atoms with Crippen LogP contribution in [-0.4, -0.2) is 14.9 Å². The molecule has 0 aliphatic carbocycles. The second-order valence-corrected chi connectivity index (χ2v) is 7.19. The largest absolute Gasteiger partial charge is 0.383 e. The van der Waals surface area contributed by atoms with Crippen molar-refractivity contribution in [3.8, 4) is 0 Å². The number of hydrogen-bond donors (Lipinski definition) is 1. The van der Waals surface area contributed by atoms with E-state index >= 15 is 0 Å². The molecule has 1 atom stereocenters. The molecule has 2 rings (SSSR count). The van der Waals surface area contributed by atoms with Crippen LogP contribution in [-0.2, 0) is 12.5 Å². The fourth-order valence-electron chi connectivity index (χ4n) is 1.93. The van der Waals surface area contributed by atoms with Gasteiger partial charge in [-0.25, -0.2) is 0 Å². The monoisotopic (exact) mass is 328 g/mol. The summed E-state index contributed by atoms with van der Waals surface area (Å²) in [5.41, 5.74) is 1.74. The van der Waals surface area contributed by atoms with Gasteiger partial charge in [-0.1, -0.05) is 20.8 Å². The Morgan fingerprint density at radius 3 is 2.61 bits per heavy atom. The summed E-state index contributed by atoms with van der Waals surface area (Å²) in [4.78, 5) is 0.925. The first-order chi connectivity index (χ1) is 8.30. The molecule has 0 spiro atoms. The molecule has 98 valence electrons. The lowest BCUT2D eigenvalue weighted by atomic mass is 9.88. The molecule has 0 fully saturated rings. The lowest BCUT2D eigenvalue weighted by Gasteiger charge is -2.19. The topological polar surface area (TPSA) is 38.0 Å². The lowest BCUT2D eigenvalue weighted by Crippen LogP contribution is -2.16. The summed E-state index contributed by atoms with van der Waals surface area (Å²) in [6, 6.07) is 1.95. The summed E-state index contributed by atoms with van der Waals surface area (Å²) in [7, 11) is 1.88. The normalized spacial score (nSPS) is 13.9. The quantitative estimate of drug-likeness (QED) is 0.914. The molecule has 0 aliphatic rings. The Bertz CT molecular complexity index is 554. The predicted octanol–water partition coefficient (Wildman–Crippen LogP) is 3.62. The van der Waals surface area contributed by atoms with Crippen molar-refractivity contribution < 1.29 is 5.11 Å². The minimum Gasteiger partial charge on any atom is -0.383 e. The summed E-state index contributed by atoms with van der Waals surface area (Å²) in [5.74, 6) is 0. The third kappa shape index (κ3) is 2.53. The van der Waals surface area contributed by atoms with Crippen molar-refractivity contribution in [3.63, 3.8) is 0 Å². The molecule has 1 N–H and O–H groups in total. The number of aliphatic hydroxyl groups is 1. The van der Waals surface area contributed by atoms with E-state index in [-0.39, 0.29) is 5.41 Å². The number of aliphatic hydroxyl groups excluding tert-OH is 1. The fraction of sp³-hybridized carbons (Fsp3) is 0.462. The van der Waals surface area contributed by atoms with Gasteiger partial charge in [0, 0.05) is 28.7 Å². The lowest BCUT2D eigenvalue weighted by molar-refractivity contribution is 0.220. The molecule has 0 aliphatic heterocycles. The summed E-state index contributed by atoms with van der Waals surface area (Å²) in [6.07, 6.45) is 1.28. The van der Waals surface area contributed by atoms with E-state index in [1.54, 1.807) is 16.0 Å². The fourth-order valence-corrected chi connectivity index (χ4v) is 3.52. The zero-order valence-corrected chi connectivity index (χ0v) is 13.3. The highest BCUT2D eigenvalue weighted by molar-refractivity contribution is 9.10. The third-order valence-corrected chi connectivity index (χ3v) is 4.68. The molecule has 18 heavy (non-hydrogen) atoms. The van der Waals surface area contributed by atoms with E-state index in [0.717, 1.165) is 20.6 Å². The predicted molar refractivity (Wildman–Crippen MR) is 78.0 cm³/mol. The van der Waals surface area contributed by atoms with Gasteiger partial charge in [-0.2, -0.15) is 5.10 Å². The molecule has 0 saturated heterocycles. The molecule has 1 unspecified atom stereocenters. The van der Waals surface area contributed by atoms with Gasteiger partial charge >= 0.3 is 0 Å². The van der Waals surface area contributed by atoms with E-state index in [0.29, 0.717) is 0 Å². The number of nitrogens with zero attached hydrogens (tertiary/aromatic N) is 2. The van der Waals surface area contributed by atoms with Crippen LogP contribution in [0.3, 0.4) is 0 Å². The molecule has 2 heterocycles. The molecule has 0 bridgehead atoms. The van der Waals surface area contributed by atoms with Crippen LogP contribution in [0.4, 0.5) is 0 Å². The zero-order chi connectivity index (χ0) is 13.5. The van der Waals surface area contributed by atoms with Crippen LogP contribution in [0.2, 0.25) is 0 Å². The second-order valence-electron chi connectivity index (χ2n) is 5.39. The summed E-state index contributed by atoms with van der Waals surface area (Å²) in [6.45, 7) is 6.32. The van der Waals surface area contributed by atoms with Crippen molar-refractivity contribution in [1.82, 2.24) is 9.78 Å². The first-order valence-corrected chi connectivity index (χ1v) is 7.43. The van der Waals surface area contributed by atoms with Gasteiger partial charge in [0.25, 0.3) is 0 Å². The van der Waals surface area contributed by atoms with Crippen molar-refractivity contribution in [2.24, 2.45) is 7.05 Å². The second kappa shape index (κ2) is 4.79. The maximum atomic E-state index is 10.5. The molecule has 2 aromatic heterocycles. The highest BCUT2D eigenvalue weighted by Crippen LogP contribution is 2.37. The number of hydrogen-bond acceptors (Lipinski definition) is 3. The van der Waals surface area contributed by atoms with Gasteiger partial charge in [0.2, 0.25) is 0 Å². The van der Waals surface area contributed by atoms with Crippen LogP contribution in [0.5, 0.6) is 0 Å². The first-order valence-electron chi connectivity index (χ1n) is 5.75. The summed E-state index contributed by atoms with van der Waals surface area (Å²) in [5, 5.41) is 17.0. The Labute approximate surface area is 120 Å². The molecule has 2 aromatic rings. The minimum absolute atomic E-state index is 0.0820. The zero-order valence-electron chi connectivity index (χ0n) is 10.9. The van der Waals surface area contributed by atoms with Crippen molar-refractivity contribution in [2.45, 2.75) is 32.3 Å². The third-order valence-electron chi connectivity index (χ3n) is 2.76. The van der Waals surface area contributed by atoms with Crippen molar-refractivity contribution in [1.29, 1.82) is 0 Å². The van der Waals surface area contributed by atoms with Crippen LogP contribution in [0.25, 0.3) is 0 Å². The number of aryl methyl sites for hydroxylation is 1. The van der Waals surface area contributed by atoms with Crippen molar-refractivity contribution in [3.05, 3.63) is 38.3 Å². The van der Waals surface area contributed by atoms with Gasteiger partial charge in [-0.15, -0.1) is 11.3 Å². The van der Waals surface area contributed by atoms with Crippen LogP contribution in [0, 0.1) is 0 Å². The van der Waals surface area contributed by atoms with E-state index in [2.05, 4.69) is 41.8 Å². The Hall–Kier alpha value is -0.650. The van der Waals surface area contributed by atoms with Crippen LogP contribution >= 0.6 is 27.3 Å². The maximum absolute atomic E-state index is 10.5. The van der Waals surface area contributed by atoms with Gasteiger partial charge < -0.3 is 5.11 Å². The van der Waals surface area contributed by atoms with E-state index in [1.165, 1.54) is 0 Å². The summed E-state index contributed by atoms with van der Waals surface area (Å²) >= 11 is 5.02. The molecule has 5 heteroatoms. The number of aromatic nitrogens is 2. The van der Waals surface area contributed by atoms with Crippen molar-refractivity contribution >= 4 is 27.3 Å². The maximum Gasteiger partial charge on any atom is 0.118 e. The van der Waals surface area contributed by atoms with Crippen molar-refractivity contribution in [2.75, 3.05) is 0 Å². The summed E-state index contributed by atoms with van der Waals surface area (Å²) < 4.78 is 2.71. The SMILES string of the molecule is Cn1cc(C(O)c2sccc2Br)c(C(C)(C)C)n1. The molecule has 0 amide bonds. The number of rotatable bonds is 2.